The van der Waals surface area contributed by atoms with Crippen LogP contribution in [0.5, 0.6) is 0 Å². The zero-order chi connectivity index (χ0) is 15.4. The molecule has 2 heteroatoms. The fourth-order valence-electron chi connectivity index (χ4n) is 3.72. The Morgan fingerprint density at radius 2 is 1.81 bits per heavy atom. The van der Waals surface area contributed by atoms with Crippen molar-refractivity contribution in [1.82, 2.24) is 4.90 Å². The summed E-state index contributed by atoms with van der Waals surface area (Å²) in [5.74, 6) is 0.951. The second-order valence-corrected chi connectivity index (χ2v) is 6.84. The molecule has 2 nitrogen and oxygen atoms in total. The Morgan fingerprint density at radius 3 is 2.33 bits per heavy atom. The fourth-order valence-corrected chi connectivity index (χ4v) is 3.72. The van der Waals surface area contributed by atoms with Crippen molar-refractivity contribution >= 4 is 0 Å². The molecule has 0 aliphatic heterocycles. The summed E-state index contributed by atoms with van der Waals surface area (Å²) < 4.78 is 0. The average Bonchev–Trinajstić information content (AvgIpc) is 2.51. The molecule has 0 bridgehead atoms. The summed E-state index contributed by atoms with van der Waals surface area (Å²) in [6, 6.07) is 7.86. The van der Waals surface area contributed by atoms with Gasteiger partial charge in [-0.25, -0.2) is 0 Å². The summed E-state index contributed by atoms with van der Waals surface area (Å²) in [5.41, 5.74) is 10.2. The van der Waals surface area contributed by atoms with Crippen molar-refractivity contribution in [3.05, 3.63) is 34.9 Å². The number of hydrogen-bond donors (Lipinski definition) is 1. The van der Waals surface area contributed by atoms with Crippen LogP contribution in [-0.4, -0.2) is 24.5 Å². The number of aryl methyl sites for hydroxylation is 2. The second-order valence-electron chi connectivity index (χ2n) is 6.84. The highest BCUT2D eigenvalue weighted by Gasteiger charge is 2.27. The van der Waals surface area contributed by atoms with Crippen LogP contribution >= 0.6 is 0 Å². The Labute approximate surface area is 130 Å². The van der Waals surface area contributed by atoms with Gasteiger partial charge in [0.05, 0.1) is 0 Å². The first-order chi connectivity index (χ1) is 10.1. The molecule has 2 rings (SSSR count). The Morgan fingerprint density at radius 1 is 1.14 bits per heavy atom. The van der Waals surface area contributed by atoms with E-state index in [4.69, 9.17) is 5.73 Å². The van der Waals surface area contributed by atoms with Crippen LogP contribution in [-0.2, 0) is 0 Å². The lowest BCUT2D eigenvalue weighted by Gasteiger charge is -2.39. The highest BCUT2D eigenvalue weighted by molar-refractivity contribution is 5.32. The van der Waals surface area contributed by atoms with Gasteiger partial charge >= 0.3 is 0 Å². The van der Waals surface area contributed by atoms with Crippen molar-refractivity contribution < 1.29 is 0 Å². The number of benzene rings is 1. The summed E-state index contributed by atoms with van der Waals surface area (Å²) in [4.78, 5) is 2.54. The minimum atomic E-state index is 0.354. The van der Waals surface area contributed by atoms with Gasteiger partial charge in [-0.2, -0.15) is 0 Å². The number of likely N-dealkylation sites (N-methyl/N-ethyl adjacent to an activating group) is 1. The first-order valence-corrected chi connectivity index (χ1v) is 8.56. The second kappa shape index (κ2) is 7.42. The number of nitrogens with two attached hydrogens (primary N) is 1. The van der Waals surface area contributed by atoms with Crippen LogP contribution in [0, 0.1) is 19.8 Å². The van der Waals surface area contributed by atoms with Gasteiger partial charge < -0.3 is 5.73 Å². The third kappa shape index (κ3) is 3.87. The highest BCUT2D eigenvalue weighted by Crippen LogP contribution is 2.32. The molecule has 1 saturated carbocycles. The quantitative estimate of drug-likeness (QED) is 0.879. The lowest BCUT2D eigenvalue weighted by molar-refractivity contribution is 0.122. The van der Waals surface area contributed by atoms with Crippen LogP contribution < -0.4 is 5.73 Å². The predicted molar refractivity (Wildman–Crippen MR) is 91.5 cm³/mol. The zero-order valence-corrected chi connectivity index (χ0v) is 14.2. The molecular weight excluding hydrogens is 256 g/mol. The predicted octanol–water partition coefficient (Wildman–Crippen LogP) is 4.20. The van der Waals surface area contributed by atoms with Crippen LogP contribution in [0.25, 0.3) is 0 Å². The van der Waals surface area contributed by atoms with Gasteiger partial charge in [0, 0.05) is 18.6 Å². The van der Waals surface area contributed by atoms with Crippen LogP contribution in [0.3, 0.4) is 0 Å². The van der Waals surface area contributed by atoms with E-state index in [9.17, 15) is 0 Å². The number of rotatable bonds is 5. The molecule has 1 aromatic carbocycles. The smallest absolute Gasteiger partial charge is 0.0470 e. The third-order valence-electron chi connectivity index (χ3n) is 5.60. The summed E-state index contributed by atoms with van der Waals surface area (Å²) in [6.07, 6.45) is 6.77. The molecule has 0 heterocycles. The molecule has 0 amide bonds. The van der Waals surface area contributed by atoms with Crippen LogP contribution in [0.2, 0.25) is 0 Å². The maximum absolute atomic E-state index is 6.11. The van der Waals surface area contributed by atoms with Crippen LogP contribution in [0.4, 0.5) is 0 Å². The lowest BCUT2D eigenvalue weighted by Crippen LogP contribution is -2.40. The Kier molecular flexibility index (Phi) is 5.83. The van der Waals surface area contributed by atoms with Gasteiger partial charge in [0.25, 0.3) is 0 Å². The van der Waals surface area contributed by atoms with Gasteiger partial charge in [-0.05, 0) is 69.2 Å². The Hall–Kier alpha value is -0.860. The molecule has 118 valence electrons. The molecule has 2 N–H and O–H groups in total. The minimum Gasteiger partial charge on any atom is -0.329 e. The van der Waals surface area contributed by atoms with Crippen LogP contribution in [0.15, 0.2) is 18.2 Å². The van der Waals surface area contributed by atoms with E-state index in [1.54, 1.807) is 0 Å². The van der Waals surface area contributed by atoms with Gasteiger partial charge in [0.1, 0.15) is 0 Å². The zero-order valence-electron chi connectivity index (χ0n) is 14.2. The topological polar surface area (TPSA) is 29.3 Å². The molecule has 1 unspecified atom stereocenters. The van der Waals surface area contributed by atoms with Crippen molar-refractivity contribution in [3.63, 3.8) is 0 Å². The third-order valence-corrected chi connectivity index (χ3v) is 5.60. The largest absolute Gasteiger partial charge is 0.329 e. The molecule has 0 spiro atoms. The summed E-state index contributed by atoms with van der Waals surface area (Å²) in [5, 5.41) is 0. The standard InChI is InChI=1S/C19H32N2/c1-5-16-7-10-18(11-8-16)21(4)19(13-20)17-9-6-14(2)15(3)12-17/h6,9,12,16,18-19H,5,7-8,10-11,13,20H2,1-4H3. The van der Waals surface area contributed by atoms with Gasteiger partial charge in [-0.3, -0.25) is 4.90 Å². The molecule has 1 fully saturated rings. The van der Waals surface area contributed by atoms with Crippen molar-refractivity contribution in [1.29, 1.82) is 0 Å². The minimum absolute atomic E-state index is 0.354. The van der Waals surface area contributed by atoms with E-state index >= 15 is 0 Å². The molecule has 1 aliphatic rings. The van der Waals surface area contributed by atoms with E-state index in [1.165, 1.54) is 48.8 Å². The van der Waals surface area contributed by atoms with E-state index < -0.39 is 0 Å². The van der Waals surface area contributed by atoms with Gasteiger partial charge in [0.2, 0.25) is 0 Å². The first kappa shape index (κ1) is 16.5. The normalized spacial score (nSPS) is 24.3. The van der Waals surface area contributed by atoms with E-state index in [0.717, 1.165) is 5.92 Å². The van der Waals surface area contributed by atoms with Gasteiger partial charge in [-0.1, -0.05) is 31.5 Å². The maximum Gasteiger partial charge on any atom is 0.0470 e. The molecule has 1 atom stereocenters. The van der Waals surface area contributed by atoms with E-state index in [1.807, 2.05) is 0 Å². The van der Waals surface area contributed by atoms with Crippen LogP contribution in [0.1, 0.15) is 61.8 Å². The molecule has 0 radical (unpaired) electrons. The monoisotopic (exact) mass is 288 g/mol. The van der Waals surface area contributed by atoms with Gasteiger partial charge in [-0.15, -0.1) is 0 Å². The Balaban J connectivity index is 2.08. The highest BCUT2D eigenvalue weighted by atomic mass is 15.2. The maximum atomic E-state index is 6.11. The van der Waals surface area contributed by atoms with E-state index in [2.05, 4.69) is 50.9 Å². The Bertz CT molecular complexity index is 447. The first-order valence-electron chi connectivity index (χ1n) is 8.56. The van der Waals surface area contributed by atoms with Crippen molar-refractivity contribution in [2.24, 2.45) is 11.7 Å². The average molecular weight is 288 g/mol. The summed E-state index contributed by atoms with van der Waals surface area (Å²) in [7, 11) is 2.27. The van der Waals surface area contributed by atoms with E-state index in [-0.39, 0.29) is 0 Å². The van der Waals surface area contributed by atoms with Crippen molar-refractivity contribution in [2.75, 3.05) is 13.6 Å². The molecule has 0 saturated heterocycles. The van der Waals surface area contributed by atoms with Crippen molar-refractivity contribution in [3.8, 4) is 0 Å². The fraction of sp³-hybridized carbons (Fsp3) is 0.684. The van der Waals surface area contributed by atoms with Crippen molar-refractivity contribution in [2.45, 2.75) is 65.0 Å². The molecule has 1 aliphatic carbocycles. The number of hydrogen-bond acceptors (Lipinski definition) is 2. The molecule has 1 aromatic rings. The lowest BCUT2D eigenvalue weighted by atomic mass is 9.83. The summed E-state index contributed by atoms with van der Waals surface area (Å²) in [6.45, 7) is 7.39. The number of nitrogens with zero attached hydrogens (tertiary/aromatic N) is 1. The van der Waals surface area contributed by atoms with E-state index in [0.29, 0.717) is 18.6 Å². The van der Waals surface area contributed by atoms with Gasteiger partial charge in [0.15, 0.2) is 0 Å². The summed E-state index contributed by atoms with van der Waals surface area (Å²) >= 11 is 0. The molecular formula is C19H32N2. The molecule has 21 heavy (non-hydrogen) atoms. The SMILES string of the molecule is CCC1CCC(N(C)C(CN)c2ccc(C)c(C)c2)CC1. The molecule has 0 aromatic heterocycles.